The van der Waals surface area contributed by atoms with E-state index in [1.165, 1.54) is 5.56 Å². The fourth-order valence-electron chi connectivity index (χ4n) is 3.32. The van der Waals surface area contributed by atoms with E-state index in [-0.39, 0.29) is 0 Å². The monoisotopic (exact) mass is 472 g/mol. The molecule has 5 nitrogen and oxygen atoms in total. The zero-order valence-electron chi connectivity index (χ0n) is 16.9. The zero-order chi connectivity index (χ0) is 20.8. The first kappa shape index (κ1) is 23.1. The average molecular weight is 473 g/mol. The van der Waals surface area contributed by atoms with E-state index in [9.17, 15) is 5.11 Å². The minimum Gasteiger partial charge on any atom is -0.507 e. The minimum absolute atomic E-state index is 0.379. The van der Waals surface area contributed by atoms with Gasteiger partial charge in [-0.1, -0.05) is 54.0 Å². The molecule has 1 N–H and O–H groups in total. The van der Waals surface area contributed by atoms with Crippen LogP contribution in [0.2, 0.25) is 0 Å². The number of hydrogen-bond acceptors (Lipinski definition) is 7. The second-order valence-electron chi connectivity index (χ2n) is 7.11. The Hall–Kier alpha value is -0.580. The molecule has 2 aliphatic rings. The fourth-order valence-corrected chi connectivity index (χ4v) is 5.97. The molecule has 0 aliphatic carbocycles. The molecule has 0 amide bonds. The Balaban J connectivity index is 1.63. The SMILES string of the molecule is Cc1cc(CSC(=S)N2CCOCC2)c(C)c(CSC(=S)N2CCOCC2)c1O. The van der Waals surface area contributed by atoms with Crippen molar-refractivity contribution in [1.82, 2.24) is 9.80 Å². The third-order valence-corrected chi connectivity index (χ3v) is 8.34. The molecule has 0 spiro atoms. The molecule has 1 aromatic rings. The van der Waals surface area contributed by atoms with E-state index in [1.807, 2.05) is 6.92 Å². The van der Waals surface area contributed by atoms with Crippen molar-refractivity contribution in [3.63, 3.8) is 0 Å². The van der Waals surface area contributed by atoms with E-state index in [0.717, 1.165) is 83.7 Å². The first-order chi connectivity index (χ1) is 14.0. The van der Waals surface area contributed by atoms with Crippen LogP contribution in [0, 0.1) is 13.8 Å². The van der Waals surface area contributed by atoms with Crippen LogP contribution in [0.5, 0.6) is 5.75 Å². The Morgan fingerprint density at radius 2 is 1.41 bits per heavy atom. The summed E-state index contributed by atoms with van der Waals surface area (Å²) in [4.78, 5) is 4.40. The largest absolute Gasteiger partial charge is 0.507 e. The van der Waals surface area contributed by atoms with Crippen LogP contribution >= 0.6 is 48.0 Å². The first-order valence-electron chi connectivity index (χ1n) is 9.77. The summed E-state index contributed by atoms with van der Waals surface area (Å²) in [5, 5.41) is 10.7. The summed E-state index contributed by atoms with van der Waals surface area (Å²) in [5.74, 6) is 1.85. The number of thiocarbonyl (C=S) groups is 2. The molecule has 2 aliphatic heterocycles. The number of morpholine rings is 2. The number of phenolic OH excluding ortho intramolecular Hbond substituents is 1. The molecule has 1 aromatic carbocycles. The highest BCUT2D eigenvalue weighted by atomic mass is 32.2. The molecular formula is C20H28N2O3S4. The molecule has 2 heterocycles. The lowest BCUT2D eigenvalue weighted by Crippen LogP contribution is -2.38. The van der Waals surface area contributed by atoms with Gasteiger partial charge >= 0.3 is 0 Å². The Morgan fingerprint density at radius 3 is 1.93 bits per heavy atom. The van der Waals surface area contributed by atoms with Gasteiger partial charge in [0.2, 0.25) is 0 Å². The number of nitrogens with zero attached hydrogens (tertiary/aromatic N) is 2. The summed E-state index contributed by atoms with van der Waals surface area (Å²) < 4.78 is 12.6. The minimum atomic E-state index is 0.379. The lowest BCUT2D eigenvalue weighted by Gasteiger charge is -2.29. The molecule has 2 fully saturated rings. The predicted molar refractivity (Wildman–Crippen MR) is 130 cm³/mol. The molecule has 9 heteroatoms. The number of rotatable bonds is 4. The van der Waals surface area contributed by atoms with Crippen LogP contribution in [-0.2, 0) is 21.0 Å². The van der Waals surface area contributed by atoms with Crippen LogP contribution in [0.1, 0.15) is 22.3 Å². The zero-order valence-corrected chi connectivity index (χ0v) is 20.2. The maximum atomic E-state index is 10.7. The van der Waals surface area contributed by atoms with Crippen LogP contribution in [0.4, 0.5) is 0 Å². The van der Waals surface area contributed by atoms with Gasteiger partial charge in [0.1, 0.15) is 14.4 Å². The van der Waals surface area contributed by atoms with Gasteiger partial charge in [0.05, 0.1) is 26.4 Å². The lowest BCUT2D eigenvalue weighted by molar-refractivity contribution is 0.0702. The number of thioether (sulfide) groups is 2. The van der Waals surface area contributed by atoms with Gasteiger partial charge in [-0.15, -0.1) is 0 Å². The smallest absolute Gasteiger partial charge is 0.136 e. The maximum Gasteiger partial charge on any atom is 0.136 e. The number of ether oxygens (including phenoxy) is 2. The molecule has 0 aromatic heterocycles. The van der Waals surface area contributed by atoms with E-state index in [1.54, 1.807) is 23.5 Å². The van der Waals surface area contributed by atoms with Crippen molar-refractivity contribution < 1.29 is 14.6 Å². The average Bonchev–Trinajstić information content (AvgIpc) is 2.76. The number of aromatic hydroxyl groups is 1. The Morgan fingerprint density at radius 1 is 0.931 bits per heavy atom. The Kier molecular flexibility index (Phi) is 8.88. The standard InChI is InChI=1S/C20H28N2O3S4/c1-14-11-16(12-28-19(26)21-3-7-24-8-4-21)15(2)17(18(14)23)13-29-20(27)22-5-9-25-10-6-22/h11,23H,3-10,12-13H2,1-2H3. The third kappa shape index (κ3) is 6.21. The summed E-state index contributed by atoms with van der Waals surface area (Å²) in [6, 6.07) is 2.08. The summed E-state index contributed by atoms with van der Waals surface area (Å²) >= 11 is 14.5. The number of aryl methyl sites for hydroxylation is 1. The predicted octanol–water partition coefficient (Wildman–Crippen LogP) is 3.71. The van der Waals surface area contributed by atoms with E-state index in [2.05, 4.69) is 22.8 Å². The molecule has 0 atom stereocenters. The molecule has 3 rings (SSSR count). The summed E-state index contributed by atoms with van der Waals surface area (Å²) in [7, 11) is 0. The van der Waals surface area contributed by atoms with E-state index < -0.39 is 0 Å². The van der Waals surface area contributed by atoms with Crippen molar-refractivity contribution in [3.05, 3.63) is 28.3 Å². The molecule has 0 saturated carbocycles. The number of benzene rings is 1. The van der Waals surface area contributed by atoms with Crippen LogP contribution in [0.15, 0.2) is 6.07 Å². The Bertz CT molecular complexity index is 748. The van der Waals surface area contributed by atoms with Crippen LogP contribution in [0.25, 0.3) is 0 Å². The van der Waals surface area contributed by atoms with Gasteiger partial charge in [-0.2, -0.15) is 0 Å². The van der Waals surface area contributed by atoms with E-state index in [4.69, 9.17) is 33.9 Å². The van der Waals surface area contributed by atoms with E-state index in [0.29, 0.717) is 11.5 Å². The molecule has 160 valence electrons. The van der Waals surface area contributed by atoms with Crippen molar-refractivity contribution in [2.75, 3.05) is 52.6 Å². The highest BCUT2D eigenvalue weighted by Gasteiger charge is 2.19. The van der Waals surface area contributed by atoms with Gasteiger partial charge in [0.25, 0.3) is 0 Å². The van der Waals surface area contributed by atoms with Gasteiger partial charge in [-0.05, 0) is 30.5 Å². The molecule has 29 heavy (non-hydrogen) atoms. The molecule has 2 saturated heterocycles. The van der Waals surface area contributed by atoms with Crippen molar-refractivity contribution in [2.24, 2.45) is 0 Å². The van der Waals surface area contributed by atoms with Gasteiger partial charge in [-0.25, -0.2) is 0 Å². The molecule has 0 radical (unpaired) electrons. The second-order valence-corrected chi connectivity index (χ2v) is 10.3. The molecular weight excluding hydrogens is 444 g/mol. The van der Waals surface area contributed by atoms with Crippen LogP contribution < -0.4 is 0 Å². The van der Waals surface area contributed by atoms with Crippen molar-refractivity contribution in [2.45, 2.75) is 25.4 Å². The lowest BCUT2D eigenvalue weighted by atomic mass is 10.00. The maximum absolute atomic E-state index is 10.7. The van der Waals surface area contributed by atoms with Crippen molar-refractivity contribution in [3.8, 4) is 5.75 Å². The van der Waals surface area contributed by atoms with Gasteiger partial charge < -0.3 is 24.4 Å². The second kappa shape index (κ2) is 11.2. The van der Waals surface area contributed by atoms with Gasteiger partial charge in [0.15, 0.2) is 0 Å². The highest BCUT2D eigenvalue weighted by molar-refractivity contribution is 8.22. The summed E-state index contributed by atoms with van der Waals surface area (Å²) in [6.07, 6.45) is 0. The highest BCUT2D eigenvalue weighted by Crippen LogP contribution is 2.34. The van der Waals surface area contributed by atoms with Gasteiger partial charge in [0, 0.05) is 43.2 Å². The molecule has 0 unspecified atom stereocenters. The van der Waals surface area contributed by atoms with Gasteiger partial charge in [-0.3, -0.25) is 0 Å². The third-order valence-electron chi connectivity index (χ3n) is 5.21. The van der Waals surface area contributed by atoms with Crippen molar-refractivity contribution >= 4 is 56.6 Å². The summed E-state index contributed by atoms with van der Waals surface area (Å²) in [6.45, 7) is 10.4. The molecule has 0 bridgehead atoms. The topological polar surface area (TPSA) is 45.2 Å². The fraction of sp³-hybridized carbons (Fsp3) is 0.600. The quantitative estimate of drug-likeness (QED) is 0.661. The Labute approximate surface area is 192 Å². The van der Waals surface area contributed by atoms with Crippen LogP contribution in [0.3, 0.4) is 0 Å². The van der Waals surface area contributed by atoms with Crippen molar-refractivity contribution in [1.29, 1.82) is 0 Å². The summed E-state index contributed by atoms with van der Waals surface area (Å²) in [5.41, 5.74) is 4.21. The normalized spacial score (nSPS) is 17.4. The first-order valence-corrected chi connectivity index (χ1v) is 12.6. The van der Waals surface area contributed by atoms with Crippen LogP contribution in [-0.4, -0.2) is 76.2 Å². The number of phenols is 1. The number of hydrogen-bond donors (Lipinski definition) is 1. The van der Waals surface area contributed by atoms with E-state index >= 15 is 0 Å².